The Labute approximate surface area is 123 Å². The Kier molecular flexibility index (Phi) is 5.46. The maximum Gasteiger partial charge on any atom is 0.0731 e. The summed E-state index contributed by atoms with van der Waals surface area (Å²) in [6, 6.07) is 2.76. The topological polar surface area (TPSA) is 12.0 Å². The van der Waals surface area contributed by atoms with Crippen LogP contribution in [-0.2, 0) is 0 Å². The average molecular weight is 328 g/mol. The molecular formula is C15H22BrNS. The Morgan fingerprint density at radius 3 is 2.89 bits per heavy atom. The van der Waals surface area contributed by atoms with Gasteiger partial charge in [-0.1, -0.05) is 25.0 Å². The summed E-state index contributed by atoms with van der Waals surface area (Å²) in [4.78, 5) is 1.45. The van der Waals surface area contributed by atoms with Crippen LogP contribution in [0.3, 0.4) is 0 Å². The highest BCUT2D eigenvalue weighted by Crippen LogP contribution is 2.36. The predicted molar refractivity (Wildman–Crippen MR) is 84.3 cm³/mol. The van der Waals surface area contributed by atoms with Gasteiger partial charge in [-0.15, -0.1) is 11.3 Å². The molecule has 0 bridgehead atoms. The molecule has 3 heteroatoms. The molecule has 0 fully saturated rings. The summed E-state index contributed by atoms with van der Waals surface area (Å²) < 4.78 is 1.27. The maximum absolute atomic E-state index is 3.66. The Morgan fingerprint density at radius 1 is 1.39 bits per heavy atom. The number of rotatable bonds is 4. The van der Waals surface area contributed by atoms with Crippen molar-refractivity contribution in [3.05, 3.63) is 31.9 Å². The van der Waals surface area contributed by atoms with E-state index in [1.54, 1.807) is 5.57 Å². The summed E-state index contributed by atoms with van der Waals surface area (Å²) in [6.45, 7) is 5.39. The summed E-state index contributed by atoms with van der Waals surface area (Å²) in [6.07, 6.45) is 9.07. The van der Waals surface area contributed by atoms with Crippen molar-refractivity contribution < 1.29 is 0 Å². The van der Waals surface area contributed by atoms with Crippen molar-refractivity contribution in [1.82, 2.24) is 5.32 Å². The molecule has 18 heavy (non-hydrogen) atoms. The molecule has 1 atom stereocenters. The van der Waals surface area contributed by atoms with Gasteiger partial charge in [0.25, 0.3) is 0 Å². The van der Waals surface area contributed by atoms with E-state index in [0.717, 1.165) is 6.54 Å². The quantitative estimate of drug-likeness (QED) is 0.734. The fourth-order valence-electron chi connectivity index (χ4n) is 2.55. The molecule has 1 aliphatic carbocycles. The largest absolute Gasteiger partial charge is 0.306 e. The molecule has 0 spiro atoms. The molecule has 0 aliphatic heterocycles. The Hall–Kier alpha value is -0.120. The lowest BCUT2D eigenvalue weighted by molar-refractivity contribution is 0.597. The van der Waals surface area contributed by atoms with Crippen molar-refractivity contribution in [2.75, 3.05) is 6.54 Å². The van der Waals surface area contributed by atoms with Gasteiger partial charge in [0, 0.05) is 4.88 Å². The molecule has 0 saturated heterocycles. The molecule has 2 rings (SSSR count). The van der Waals surface area contributed by atoms with Crippen LogP contribution in [0, 0.1) is 6.92 Å². The molecular weight excluding hydrogens is 306 g/mol. The number of nitrogens with one attached hydrogen (secondary N) is 1. The third-order valence-corrected chi connectivity index (χ3v) is 5.72. The van der Waals surface area contributed by atoms with Crippen LogP contribution in [0.4, 0.5) is 0 Å². The van der Waals surface area contributed by atoms with Crippen LogP contribution >= 0.6 is 27.3 Å². The summed E-state index contributed by atoms with van der Waals surface area (Å²) in [5, 5.41) is 3.66. The second-order valence-corrected chi connectivity index (χ2v) is 7.38. The van der Waals surface area contributed by atoms with Crippen LogP contribution in [0.15, 0.2) is 21.5 Å². The lowest BCUT2D eigenvalue weighted by Crippen LogP contribution is -2.22. The minimum absolute atomic E-state index is 0.433. The number of hydrogen-bond acceptors (Lipinski definition) is 2. The second kappa shape index (κ2) is 6.88. The van der Waals surface area contributed by atoms with Gasteiger partial charge in [0.2, 0.25) is 0 Å². The van der Waals surface area contributed by atoms with Crippen LogP contribution in [0.1, 0.15) is 55.5 Å². The molecule has 0 radical (unpaired) electrons. The first kappa shape index (κ1) is 14.3. The molecule has 1 nitrogen and oxygen atoms in total. The minimum Gasteiger partial charge on any atom is -0.306 e. The van der Waals surface area contributed by atoms with E-state index >= 15 is 0 Å². The molecule has 1 aromatic rings. The SMILES string of the molecule is CCNC(C1=CCCCCC1)c1cc(C)c(Br)s1. The minimum atomic E-state index is 0.433. The van der Waals surface area contributed by atoms with Crippen molar-refractivity contribution in [1.29, 1.82) is 0 Å². The van der Waals surface area contributed by atoms with E-state index in [-0.39, 0.29) is 0 Å². The summed E-state index contributed by atoms with van der Waals surface area (Å²) in [5.74, 6) is 0. The standard InChI is InChI=1S/C15H22BrNS/c1-3-17-14(12-8-6-4-5-7-9-12)13-10-11(2)15(16)18-13/h8,10,14,17H,3-7,9H2,1-2H3. The Balaban J connectivity index is 2.23. The first-order valence-corrected chi connectivity index (χ1v) is 8.51. The molecule has 0 aromatic carbocycles. The molecule has 1 aromatic heterocycles. The summed E-state index contributed by atoms with van der Waals surface area (Å²) in [5.41, 5.74) is 2.95. The van der Waals surface area contributed by atoms with Crippen LogP contribution < -0.4 is 5.32 Å². The number of allylic oxidation sites excluding steroid dienone is 1. The van der Waals surface area contributed by atoms with Gasteiger partial charge in [0.15, 0.2) is 0 Å². The highest BCUT2D eigenvalue weighted by atomic mass is 79.9. The number of hydrogen-bond donors (Lipinski definition) is 1. The van der Waals surface area contributed by atoms with E-state index in [1.165, 1.54) is 46.3 Å². The number of aryl methyl sites for hydroxylation is 1. The van der Waals surface area contributed by atoms with Gasteiger partial charge in [-0.05, 0) is 66.7 Å². The number of halogens is 1. The van der Waals surface area contributed by atoms with Gasteiger partial charge in [0.1, 0.15) is 0 Å². The molecule has 1 aliphatic rings. The van der Waals surface area contributed by atoms with Crippen LogP contribution in [0.5, 0.6) is 0 Å². The zero-order chi connectivity index (χ0) is 13.0. The lowest BCUT2D eigenvalue weighted by atomic mass is 10.00. The fourth-order valence-corrected chi connectivity index (χ4v) is 4.24. The van der Waals surface area contributed by atoms with Crippen molar-refractivity contribution >= 4 is 27.3 Å². The van der Waals surface area contributed by atoms with E-state index in [1.807, 2.05) is 11.3 Å². The van der Waals surface area contributed by atoms with E-state index < -0.39 is 0 Å². The fraction of sp³-hybridized carbons (Fsp3) is 0.600. The molecule has 100 valence electrons. The summed E-state index contributed by atoms with van der Waals surface area (Å²) >= 11 is 5.52. The van der Waals surface area contributed by atoms with Crippen molar-refractivity contribution in [2.24, 2.45) is 0 Å². The highest BCUT2D eigenvalue weighted by Gasteiger charge is 2.19. The average Bonchev–Trinajstić information content (AvgIpc) is 2.60. The first-order chi connectivity index (χ1) is 8.72. The lowest BCUT2D eigenvalue weighted by Gasteiger charge is -2.20. The van der Waals surface area contributed by atoms with Crippen LogP contribution in [0.25, 0.3) is 0 Å². The van der Waals surface area contributed by atoms with Crippen molar-refractivity contribution in [3.8, 4) is 0 Å². The van der Waals surface area contributed by atoms with Crippen molar-refractivity contribution in [3.63, 3.8) is 0 Å². The van der Waals surface area contributed by atoms with E-state index in [4.69, 9.17) is 0 Å². The van der Waals surface area contributed by atoms with Crippen molar-refractivity contribution in [2.45, 2.75) is 52.0 Å². The normalized spacial score (nSPS) is 18.3. The Morgan fingerprint density at radius 2 is 2.22 bits per heavy atom. The van der Waals surface area contributed by atoms with E-state index in [9.17, 15) is 0 Å². The summed E-state index contributed by atoms with van der Waals surface area (Å²) in [7, 11) is 0. The molecule has 0 saturated carbocycles. The third kappa shape index (κ3) is 3.46. The molecule has 1 N–H and O–H groups in total. The molecule has 1 unspecified atom stereocenters. The predicted octanol–water partition coefficient (Wildman–Crippen LogP) is 5.36. The van der Waals surface area contributed by atoms with Gasteiger partial charge in [-0.25, -0.2) is 0 Å². The van der Waals surface area contributed by atoms with Gasteiger partial charge in [-0.2, -0.15) is 0 Å². The zero-order valence-electron chi connectivity index (χ0n) is 11.3. The second-order valence-electron chi connectivity index (χ2n) is 4.97. The van der Waals surface area contributed by atoms with E-state index in [2.05, 4.69) is 47.2 Å². The van der Waals surface area contributed by atoms with E-state index in [0.29, 0.717) is 6.04 Å². The number of thiophene rings is 1. The third-order valence-electron chi connectivity index (χ3n) is 3.52. The van der Waals surface area contributed by atoms with Gasteiger partial charge < -0.3 is 5.32 Å². The number of likely N-dealkylation sites (N-methyl/N-ethyl adjacent to an activating group) is 1. The smallest absolute Gasteiger partial charge is 0.0731 e. The zero-order valence-corrected chi connectivity index (χ0v) is 13.7. The first-order valence-electron chi connectivity index (χ1n) is 6.90. The van der Waals surface area contributed by atoms with Gasteiger partial charge >= 0.3 is 0 Å². The highest BCUT2D eigenvalue weighted by molar-refractivity contribution is 9.11. The molecule has 0 amide bonds. The molecule has 1 heterocycles. The van der Waals surface area contributed by atoms with Gasteiger partial charge in [-0.3, -0.25) is 0 Å². The maximum atomic E-state index is 3.66. The monoisotopic (exact) mass is 327 g/mol. The van der Waals surface area contributed by atoms with Crippen LogP contribution in [-0.4, -0.2) is 6.54 Å². The van der Waals surface area contributed by atoms with Gasteiger partial charge in [0.05, 0.1) is 9.83 Å². The Bertz CT molecular complexity index is 403. The van der Waals surface area contributed by atoms with Crippen LogP contribution in [0.2, 0.25) is 0 Å².